The van der Waals surface area contributed by atoms with Gasteiger partial charge < -0.3 is 4.42 Å². The molecule has 0 amide bonds. The van der Waals surface area contributed by atoms with Crippen molar-refractivity contribution in [3.8, 4) is 0 Å². The van der Waals surface area contributed by atoms with Crippen molar-refractivity contribution in [3.63, 3.8) is 0 Å². The summed E-state index contributed by atoms with van der Waals surface area (Å²) in [5.74, 6) is 0. The van der Waals surface area contributed by atoms with E-state index in [0.29, 0.717) is 0 Å². The second kappa shape index (κ2) is 2.67. The Morgan fingerprint density at radius 1 is 1.33 bits per heavy atom. The summed E-state index contributed by atoms with van der Waals surface area (Å²) in [7, 11) is 0. The maximum absolute atomic E-state index is 5.42. The molecule has 1 aromatic carbocycles. The first-order chi connectivity index (χ1) is 5.81. The number of benzene rings is 1. The Kier molecular flexibility index (Phi) is 1.65. The van der Waals surface area contributed by atoms with Crippen molar-refractivity contribution in [1.82, 2.24) is 0 Å². The zero-order chi connectivity index (χ0) is 8.55. The molecule has 0 radical (unpaired) electrons. The smallest absolute Gasteiger partial charge is 0.134 e. The van der Waals surface area contributed by atoms with Crippen molar-refractivity contribution in [2.75, 3.05) is 0 Å². The molecule has 0 fully saturated rings. The van der Waals surface area contributed by atoms with Gasteiger partial charge in [-0.2, -0.15) is 0 Å². The minimum Gasteiger partial charge on any atom is -0.464 e. The van der Waals surface area contributed by atoms with Crippen molar-refractivity contribution < 1.29 is 4.42 Å². The van der Waals surface area contributed by atoms with Crippen LogP contribution in [0.25, 0.3) is 11.0 Å². The molecule has 1 heteroatoms. The Balaban J connectivity index is 2.73. The maximum Gasteiger partial charge on any atom is 0.134 e. The Morgan fingerprint density at radius 2 is 2.17 bits per heavy atom. The van der Waals surface area contributed by atoms with Crippen molar-refractivity contribution in [2.24, 2.45) is 0 Å². The molecule has 0 aliphatic heterocycles. The van der Waals surface area contributed by atoms with E-state index in [4.69, 9.17) is 4.42 Å². The molecule has 0 spiro atoms. The van der Waals surface area contributed by atoms with E-state index in [1.54, 1.807) is 0 Å². The predicted octanol–water partition coefficient (Wildman–Crippen LogP) is 3.30. The predicted molar refractivity (Wildman–Crippen MR) is 50.3 cm³/mol. The summed E-state index contributed by atoms with van der Waals surface area (Å²) in [4.78, 5) is 0. The fourth-order valence-corrected chi connectivity index (χ4v) is 1.46. The first kappa shape index (κ1) is 7.41. The quantitative estimate of drug-likeness (QED) is 0.623. The fraction of sp³-hybridized carbons (Fsp3) is 0.273. The molecule has 1 aromatic heterocycles. The number of hydrogen-bond acceptors (Lipinski definition) is 1. The van der Waals surface area contributed by atoms with Gasteiger partial charge in [0.25, 0.3) is 0 Å². The highest BCUT2D eigenvalue weighted by atomic mass is 16.3. The van der Waals surface area contributed by atoms with Crippen LogP contribution in [-0.2, 0) is 6.42 Å². The van der Waals surface area contributed by atoms with Gasteiger partial charge in [-0.3, -0.25) is 0 Å². The summed E-state index contributed by atoms with van der Waals surface area (Å²) in [6.45, 7) is 4.22. The van der Waals surface area contributed by atoms with E-state index >= 15 is 0 Å². The first-order valence-electron chi connectivity index (χ1n) is 4.28. The Morgan fingerprint density at radius 3 is 2.92 bits per heavy atom. The summed E-state index contributed by atoms with van der Waals surface area (Å²) in [5, 5.41) is 1.25. The van der Waals surface area contributed by atoms with Gasteiger partial charge in [0.05, 0.1) is 6.26 Å². The summed E-state index contributed by atoms with van der Waals surface area (Å²) in [6, 6.07) is 6.33. The van der Waals surface area contributed by atoms with Crippen LogP contribution in [0, 0.1) is 6.92 Å². The average Bonchev–Trinajstić information content (AvgIpc) is 2.46. The molecule has 0 N–H and O–H groups in total. The number of aryl methyl sites for hydroxylation is 2. The third-order valence-corrected chi connectivity index (χ3v) is 2.19. The highest BCUT2D eigenvalue weighted by Gasteiger charge is 2.02. The van der Waals surface area contributed by atoms with Gasteiger partial charge in [0, 0.05) is 5.39 Å². The second-order valence-electron chi connectivity index (χ2n) is 3.11. The number of fused-ring (bicyclic) bond motifs is 1. The van der Waals surface area contributed by atoms with Gasteiger partial charge in [-0.1, -0.05) is 19.1 Å². The Hall–Kier alpha value is -1.24. The molecule has 0 bridgehead atoms. The van der Waals surface area contributed by atoms with Crippen LogP contribution >= 0.6 is 0 Å². The molecule has 0 unspecified atom stereocenters. The molecule has 1 heterocycles. The SMILES string of the molecule is CCc1coc2cc(C)ccc12. The molecule has 2 rings (SSSR count). The van der Waals surface area contributed by atoms with Crippen molar-refractivity contribution in [2.45, 2.75) is 20.3 Å². The van der Waals surface area contributed by atoms with Gasteiger partial charge in [-0.15, -0.1) is 0 Å². The Bertz CT molecular complexity index is 398. The number of furan rings is 1. The van der Waals surface area contributed by atoms with E-state index in [2.05, 4.69) is 32.0 Å². The molecule has 0 aliphatic rings. The minimum atomic E-state index is 1.01. The lowest BCUT2D eigenvalue weighted by molar-refractivity contribution is 0.611. The summed E-state index contributed by atoms with van der Waals surface area (Å²) in [6.07, 6.45) is 2.89. The van der Waals surface area contributed by atoms with E-state index in [0.717, 1.165) is 12.0 Å². The van der Waals surface area contributed by atoms with Gasteiger partial charge in [0.1, 0.15) is 5.58 Å². The molecule has 0 atom stereocenters. The molecular formula is C11H12O. The highest BCUT2D eigenvalue weighted by molar-refractivity contribution is 5.81. The molecular weight excluding hydrogens is 148 g/mol. The van der Waals surface area contributed by atoms with Gasteiger partial charge in [0.15, 0.2) is 0 Å². The third-order valence-electron chi connectivity index (χ3n) is 2.19. The zero-order valence-electron chi connectivity index (χ0n) is 7.42. The topological polar surface area (TPSA) is 13.1 Å². The van der Waals surface area contributed by atoms with E-state index < -0.39 is 0 Å². The molecule has 12 heavy (non-hydrogen) atoms. The minimum absolute atomic E-state index is 1.01. The van der Waals surface area contributed by atoms with E-state index in [1.807, 2.05) is 6.26 Å². The molecule has 0 saturated heterocycles. The van der Waals surface area contributed by atoms with E-state index in [-0.39, 0.29) is 0 Å². The van der Waals surface area contributed by atoms with Gasteiger partial charge in [0.2, 0.25) is 0 Å². The van der Waals surface area contributed by atoms with Gasteiger partial charge in [-0.05, 0) is 30.5 Å². The largest absolute Gasteiger partial charge is 0.464 e. The molecule has 1 nitrogen and oxygen atoms in total. The molecule has 0 aliphatic carbocycles. The van der Waals surface area contributed by atoms with Crippen molar-refractivity contribution >= 4 is 11.0 Å². The number of hydrogen-bond donors (Lipinski definition) is 0. The molecule has 2 aromatic rings. The van der Waals surface area contributed by atoms with Crippen molar-refractivity contribution in [3.05, 3.63) is 35.6 Å². The van der Waals surface area contributed by atoms with Crippen LogP contribution in [-0.4, -0.2) is 0 Å². The van der Waals surface area contributed by atoms with Crippen LogP contribution in [0.2, 0.25) is 0 Å². The second-order valence-corrected chi connectivity index (χ2v) is 3.11. The number of rotatable bonds is 1. The van der Waals surface area contributed by atoms with Crippen LogP contribution in [0.15, 0.2) is 28.9 Å². The van der Waals surface area contributed by atoms with Crippen LogP contribution in [0.1, 0.15) is 18.1 Å². The van der Waals surface area contributed by atoms with Gasteiger partial charge in [-0.25, -0.2) is 0 Å². The zero-order valence-corrected chi connectivity index (χ0v) is 7.42. The standard InChI is InChI=1S/C11H12O/c1-3-9-7-12-11-6-8(2)4-5-10(9)11/h4-7H,3H2,1-2H3. The fourth-order valence-electron chi connectivity index (χ4n) is 1.46. The lowest BCUT2D eigenvalue weighted by atomic mass is 10.1. The normalized spacial score (nSPS) is 10.8. The summed E-state index contributed by atoms with van der Waals surface area (Å²) < 4.78 is 5.42. The lowest BCUT2D eigenvalue weighted by Gasteiger charge is -1.92. The maximum atomic E-state index is 5.42. The van der Waals surface area contributed by atoms with Crippen LogP contribution in [0.5, 0.6) is 0 Å². The first-order valence-corrected chi connectivity index (χ1v) is 4.28. The Labute approximate surface area is 72.0 Å². The van der Waals surface area contributed by atoms with Crippen molar-refractivity contribution in [1.29, 1.82) is 0 Å². The van der Waals surface area contributed by atoms with E-state index in [9.17, 15) is 0 Å². The van der Waals surface area contributed by atoms with Crippen LogP contribution < -0.4 is 0 Å². The van der Waals surface area contributed by atoms with Crippen LogP contribution in [0.4, 0.5) is 0 Å². The molecule has 0 saturated carbocycles. The monoisotopic (exact) mass is 160 g/mol. The molecule has 62 valence electrons. The van der Waals surface area contributed by atoms with Gasteiger partial charge >= 0.3 is 0 Å². The third kappa shape index (κ3) is 1.02. The highest BCUT2D eigenvalue weighted by Crippen LogP contribution is 2.22. The average molecular weight is 160 g/mol. The van der Waals surface area contributed by atoms with Crippen LogP contribution in [0.3, 0.4) is 0 Å². The summed E-state index contributed by atoms with van der Waals surface area (Å²) >= 11 is 0. The summed E-state index contributed by atoms with van der Waals surface area (Å²) in [5.41, 5.74) is 3.55. The lowest BCUT2D eigenvalue weighted by Crippen LogP contribution is -1.75. The van der Waals surface area contributed by atoms with E-state index in [1.165, 1.54) is 16.5 Å².